The number of rotatable bonds is 7. The van der Waals surface area contributed by atoms with Gasteiger partial charge in [-0.3, -0.25) is 4.79 Å². The molecule has 0 saturated carbocycles. The highest BCUT2D eigenvalue weighted by molar-refractivity contribution is 8.03. The first-order valence-electron chi connectivity index (χ1n) is 11.1. The molecule has 1 N–H and O–H groups in total. The van der Waals surface area contributed by atoms with Gasteiger partial charge in [0.2, 0.25) is 0 Å². The van der Waals surface area contributed by atoms with Crippen LogP contribution in [0.3, 0.4) is 0 Å². The quantitative estimate of drug-likeness (QED) is 0.345. The summed E-state index contributed by atoms with van der Waals surface area (Å²) in [5.41, 5.74) is 2.87. The SMILES string of the molecule is Cc1ccc2c(c1OCc1sc(-c3ccc(C(F)(F)F)cc3)nc1C)CCC=C(CCC(=O)O)S2. The van der Waals surface area contributed by atoms with Crippen LogP contribution in [0.5, 0.6) is 5.75 Å². The van der Waals surface area contributed by atoms with E-state index in [1.165, 1.54) is 23.5 Å². The van der Waals surface area contributed by atoms with Crippen LogP contribution in [0.4, 0.5) is 13.2 Å². The minimum atomic E-state index is -4.37. The molecule has 0 aliphatic carbocycles. The van der Waals surface area contributed by atoms with E-state index in [0.29, 0.717) is 23.6 Å². The summed E-state index contributed by atoms with van der Waals surface area (Å²) in [5, 5.41) is 9.66. The third kappa shape index (κ3) is 6.08. The number of hydrogen-bond donors (Lipinski definition) is 1. The van der Waals surface area contributed by atoms with Crippen LogP contribution < -0.4 is 4.74 Å². The molecule has 2 heterocycles. The minimum absolute atomic E-state index is 0.106. The average molecular weight is 520 g/mol. The summed E-state index contributed by atoms with van der Waals surface area (Å²) < 4.78 is 44.9. The van der Waals surface area contributed by atoms with Gasteiger partial charge in [-0.25, -0.2) is 4.98 Å². The van der Waals surface area contributed by atoms with Crippen molar-refractivity contribution >= 4 is 29.1 Å². The molecule has 0 spiro atoms. The molecule has 35 heavy (non-hydrogen) atoms. The Balaban J connectivity index is 1.50. The zero-order valence-corrected chi connectivity index (χ0v) is 20.9. The van der Waals surface area contributed by atoms with Crippen LogP contribution in [0.1, 0.15) is 46.5 Å². The summed E-state index contributed by atoms with van der Waals surface area (Å²) in [6, 6.07) is 9.10. The monoisotopic (exact) mass is 519 g/mol. The van der Waals surface area contributed by atoms with Crippen molar-refractivity contribution in [3.8, 4) is 16.3 Å². The Bertz CT molecular complexity index is 1260. The van der Waals surface area contributed by atoms with Gasteiger partial charge in [0, 0.05) is 22.4 Å². The number of aryl methyl sites for hydroxylation is 2. The number of alkyl halides is 3. The van der Waals surface area contributed by atoms with Crippen LogP contribution in [0.15, 0.2) is 52.3 Å². The number of aromatic nitrogens is 1. The third-order valence-corrected chi connectivity index (χ3v) is 8.12. The van der Waals surface area contributed by atoms with Crippen molar-refractivity contribution in [2.24, 2.45) is 0 Å². The van der Waals surface area contributed by atoms with Gasteiger partial charge in [0.1, 0.15) is 17.4 Å². The lowest BCUT2D eigenvalue weighted by Gasteiger charge is -2.16. The van der Waals surface area contributed by atoms with Gasteiger partial charge in [-0.2, -0.15) is 13.2 Å². The van der Waals surface area contributed by atoms with Crippen molar-refractivity contribution in [3.05, 3.63) is 74.6 Å². The number of thioether (sulfide) groups is 1. The van der Waals surface area contributed by atoms with E-state index in [-0.39, 0.29) is 6.42 Å². The second kappa shape index (κ2) is 10.5. The molecule has 0 amide bonds. The van der Waals surface area contributed by atoms with Crippen LogP contribution in [0.25, 0.3) is 10.6 Å². The molecule has 2 aromatic carbocycles. The summed E-state index contributed by atoms with van der Waals surface area (Å²) in [6.07, 6.45) is -0.0322. The van der Waals surface area contributed by atoms with E-state index in [4.69, 9.17) is 9.84 Å². The van der Waals surface area contributed by atoms with Crippen LogP contribution in [0, 0.1) is 13.8 Å². The number of allylic oxidation sites excluding steroid dienone is 2. The number of aliphatic carboxylic acids is 1. The molecule has 0 fully saturated rings. The zero-order valence-electron chi connectivity index (χ0n) is 19.2. The molecule has 0 bridgehead atoms. The molecule has 184 valence electrons. The molecular weight excluding hydrogens is 495 g/mol. The van der Waals surface area contributed by atoms with E-state index in [9.17, 15) is 18.0 Å². The number of carboxylic acids is 1. The maximum absolute atomic E-state index is 12.9. The fourth-order valence-corrected chi connectivity index (χ4v) is 5.95. The highest BCUT2D eigenvalue weighted by Gasteiger charge is 2.30. The maximum atomic E-state index is 12.9. The molecule has 4 nitrogen and oxygen atoms in total. The molecule has 0 radical (unpaired) electrons. The Morgan fingerprint density at radius 2 is 1.89 bits per heavy atom. The van der Waals surface area contributed by atoms with E-state index in [2.05, 4.69) is 17.1 Å². The van der Waals surface area contributed by atoms with E-state index < -0.39 is 17.7 Å². The number of benzene rings is 2. The van der Waals surface area contributed by atoms with Gasteiger partial charge < -0.3 is 9.84 Å². The van der Waals surface area contributed by atoms with Crippen LogP contribution in [-0.2, 0) is 24.0 Å². The van der Waals surface area contributed by atoms with Gasteiger partial charge in [0.15, 0.2) is 0 Å². The summed E-state index contributed by atoms with van der Waals surface area (Å²) in [6.45, 7) is 4.18. The Hall–Kier alpha value is -2.78. The van der Waals surface area contributed by atoms with E-state index in [1.807, 2.05) is 19.9 Å². The van der Waals surface area contributed by atoms with Gasteiger partial charge in [-0.15, -0.1) is 11.3 Å². The van der Waals surface area contributed by atoms with E-state index >= 15 is 0 Å². The van der Waals surface area contributed by atoms with Crippen molar-refractivity contribution in [1.82, 2.24) is 4.98 Å². The summed E-state index contributed by atoms with van der Waals surface area (Å²) in [4.78, 5) is 18.6. The van der Waals surface area contributed by atoms with E-state index in [0.717, 1.165) is 62.2 Å². The molecular formula is C26H24F3NO3S2. The summed E-state index contributed by atoms with van der Waals surface area (Å²) >= 11 is 3.01. The predicted octanol–water partition coefficient (Wildman–Crippen LogP) is 7.81. The van der Waals surface area contributed by atoms with Crippen LogP contribution in [-0.4, -0.2) is 16.1 Å². The number of fused-ring (bicyclic) bond motifs is 1. The van der Waals surface area contributed by atoms with Crippen molar-refractivity contribution in [1.29, 1.82) is 0 Å². The topological polar surface area (TPSA) is 59.4 Å². The Morgan fingerprint density at radius 1 is 1.14 bits per heavy atom. The molecule has 1 aromatic heterocycles. The second-order valence-electron chi connectivity index (χ2n) is 8.28. The van der Waals surface area contributed by atoms with Gasteiger partial charge in [0.05, 0.1) is 16.1 Å². The van der Waals surface area contributed by atoms with Gasteiger partial charge >= 0.3 is 12.1 Å². The average Bonchev–Trinajstić information content (AvgIpc) is 3.04. The fourth-order valence-electron chi connectivity index (χ4n) is 3.83. The Kier molecular flexibility index (Phi) is 7.56. The number of carboxylic acid groups (broad SMARTS) is 1. The van der Waals surface area contributed by atoms with Gasteiger partial charge in [0.25, 0.3) is 0 Å². The molecule has 4 rings (SSSR count). The lowest BCUT2D eigenvalue weighted by molar-refractivity contribution is -0.138. The zero-order chi connectivity index (χ0) is 25.2. The van der Waals surface area contributed by atoms with Crippen molar-refractivity contribution in [3.63, 3.8) is 0 Å². The molecule has 0 unspecified atom stereocenters. The normalized spacial score (nSPS) is 13.7. The number of ether oxygens (including phenoxy) is 1. The first-order valence-corrected chi connectivity index (χ1v) is 12.7. The number of halogens is 3. The van der Waals surface area contributed by atoms with Crippen molar-refractivity contribution < 1.29 is 27.8 Å². The van der Waals surface area contributed by atoms with Gasteiger partial charge in [-0.05, 0) is 61.8 Å². The highest BCUT2D eigenvalue weighted by Crippen LogP contribution is 2.42. The molecule has 3 aromatic rings. The summed E-state index contributed by atoms with van der Waals surface area (Å²) in [5.74, 6) is 0.0197. The highest BCUT2D eigenvalue weighted by atomic mass is 32.2. The fraction of sp³-hybridized carbons (Fsp3) is 0.308. The number of carbonyl (C=O) groups is 1. The molecule has 0 saturated heterocycles. The van der Waals surface area contributed by atoms with Crippen molar-refractivity contribution in [2.45, 2.75) is 57.2 Å². The summed E-state index contributed by atoms with van der Waals surface area (Å²) in [7, 11) is 0. The molecule has 9 heteroatoms. The number of hydrogen-bond acceptors (Lipinski definition) is 5. The first-order chi connectivity index (χ1) is 16.6. The standard InChI is InChI=1S/C26H24F3NO3S2/c1-15-6-12-21-20(5-3-4-19(34-21)11-13-23(31)32)24(15)33-14-22-16(2)30-25(35-22)17-7-9-18(10-8-17)26(27,28)29/h4,6-10,12H,3,5,11,13-14H2,1-2H3,(H,31,32). The van der Waals surface area contributed by atoms with E-state index in [1.54, 1.807) is 11.8 Å². The Labute approximate surface area is 209 Å². The largest absolute Gasteiger partial charge is 0.487 e. The first kappa shape index (κ1) is 25.3. The van der Waals surface area contributed by atoms with Crippen LogP contribution >= 0.6 is 23.1 Å². The van der Waals surface area contributed by atoms with Crippen molar-refractivity contribution in [2.75, 3.05) is 0 Å². The second-order valence-corrected chi connectivity index (χ2v) is 10.5. The minimum Gasteiger partial charge on any atom is -0.487 e. The molecule has 1 aliphatic rings. The Morgan fingerprint density at radius 3 is 2.57 bits per heavy atom. The molecule has 1 aliphatic heterocycles. The van der Waals surface area contributed by atoms with Gasteiger partial charge in [-0.1, -0.05) is 36.0 Å². The number of nitrogens with zero attached hydrogens (tertiary/aromatic N) is 1. The predicted molar refractivity (Wildman–Crippen MR) is 132 cm³/mol. The molecule has 0 atom stereocenters. The lowest BCUT2D eigenvalue weighted by atomic mass is 10.0. The maximum Gasteiger partial charge on any atom is 0.416 e. The lowest BCUT2D eigenvalue weighted by Crippen LogP contribution is -2.03. The smallest absolute Gasteiger partial charge is 0.416 e. The third-order valence-electron chi connectivity index (χ3n) is 5.71. The van der Waals surface area contributed by atoms with Crippen LogP contribution in [0.2, 0.25) is 0 Å². The number of thiazole rings is 1.